The number of rotatable bonds is 0. The summed E-state index contributed by atoms with van der Waals surface area (Å²) in [4.78, 5) is 0. The number of hydrogen-bond donors (Lipinski definition) is 0. The van der Waals surface area contributed by atoms with Crippen LogP contribution < -0.4 is 5.23 Å². The van der Waals surface area contributed by atoms with Crippen molar-refractivity contribution in [2.45, 2.75) is 0 Å². The molecule has 0 aromatic rings. The highest BCUT2D eigenvalue weighted by Crippen LogP contribution is 2.10. The van der Waals surface area contributed by atoms with Gasteiger partial charge in [0.25, 0.3) is 0 Å². The minimum atomic E-state index is 0.505. The molecule has 0 aliphatic carbocycles. The zero-order valence-electron chi connectivity index (χ0n) is 3.09. The van der Waals surface area contributed by atoms with Crippen molar-refractivity contribution in [2.75, 3.05) is 12.3 Å². The van der Waals surface area contributed by atoms with Gasteiger partial charge in [0.05, 0.1) is 17.8 Å². The third-order valence-corrected chi connectivity index (χ3v) is 1.11. The first-order valence-corrected chi connectivity index (χ1v) is 2.55. The largest absolute Gasteiger partial charge is 0.543 e. The van der Waals surface area contributed by atoms with Crippen molar-refractivity contribution < 1.29 is 4.28 Å². The zero-order valence-corrected chi connectivity index (χ0v) is 3.90. The molecule has 0 N–H and O–H groups in total. The Hall–Kier alpha value is 0.230. The van der Waals surface area contributed by atoms with E-state index in [1.165, 1.54) is 12.0 Å². The van der Waals surface area contributed by atoms with Gasteiger partial charge >= 0.3 is 0 Å². The van der Waals surface area contributed by atoms with Crippen molar-refractivity contribution in [1.29, 1.82) is 0 Å². The van der Waals surface area contributed by atoms with Crippen LogP contribution in [0.15, 0.2) is 0 Å². The van der Waals surface area contributed by atoms with E-state index in [1.54, 1.807) is 0 Å². The highest BCUT2D eigenvalue weighted by atomic mass is 32.2. The smallest absolute Gasteiger partial charge is 0.174 e. The molecule has 1 rings (SSSR count). The first-order valence-electron chi connectivity index (χ1n) is 1.64. The van der Waals surface area contributed by atoms with Gasteiger partial charge in [-0.3, -0.25) is 0 Å². The Bertz CT molecular complexity index is 44.8. The van der Waals surface area contributed by atoms with Gasteiger partial charge in [-0.2, -0.15) is 0 Å². The quantitative estimate of drug-likeness (QED) is 0.327. The van der Waals surface area contributed by atoms with Gasteiger partial charge in [0.1, 0.15) is 0 Å². The summed E-state index contributed by atoms with van der Waals surface area (Å²) in [6.07, 6.45) is 0. The number of nitrogens with zero attached hydrogens (tertiary/aromatic N) is 1. The molecule has 0 atom stereocenters. The van der Waals surface area contributed by atoms with Gasteiger partial charge in [-0.15, -0.1) is 0 Å². The predicted octanol–water partition coefficient (Wildman–Crippen LogP) is 0.218. The van der Waals surface area contributed by atoms with E-state index in [0.717, 1.165) is 5.75 Å². The van der Waals surface area contributed by atoms with Crippen molar-refractivity contribution in [3.05, 3.63) is 5.21 Å². The Morgan fingerprint density at radius 2 is 2.67 bits per heavy atom. The lowest BCUT2D eigenvalue weighted by Crippen LogP contribution is -2.14. The molecule has 1 heterocycles. The van der Waals surface area contributed by atoms with Crippen LogP contribution >= 0.6 is 12.0 Å². The molecule has 1 fully saturated rings. The van der Waals surface area contributed by atoms with Crippen LogP contribution in [0.4, 0.5) is 0 Å². The topological polar surface area (TPSA) is 38.2 Å². The van der Waals surface area contributed by atoms with E-state index in [0.29, 0.717) is 11.8 Å². The molecule has 0 bridgehead atoms. The van der Waals surface area contributed by atoms with Crippen LogP contribution in [-0.4, -0.2) is 12.3 Å². The van der Waals surface area contributed by atoms with Crippen molar-refractivity contribution in [3.63, 3.8) is 0 Å². The summed E-state index contributed by atoms with van der Waals surface area (Å²) in [5.41, 5.74) is 0. The van der Waals surface area contributed by atoms with Gasteiger partial charge in [-0.1, -0.05) is 4.28 Å². The van der Waals surface area contributed by atoms with Gasteiger partial charge in [-0.25, -0.2) is 0 Å². The minimum Gasteiger partial charge on any atom is -0.543 e. The zero-order chi connectivity index (χ0) is 4.41. The first kappa shape index (κ1) is 4.39. The molecule has 0 aromatic carbocycles. The summed E-state index contributed by atoms with van der Waals surface area (Å²) in [5.74, 6) is 0.795. The first-order chi connectivity index (χ1) is 2.89. The molecule has 6 heavy (non-hydrogen) atoms. The van der Waals surface area contributed by atoms with Crippen LogP contribution in [0.3, 0.4) is 0 Å². The van der Waals surface area contributed by atoms with Crippen LogP contribution in [0.1, 0.15) is 0 Å². The normalized spacial score (nSPS) is 25.5. The van der Waals surface area contributed by atoms with Crippen LogP contribution in [0, 0.1) is 5.21 Å². The second-order valence-corrected chi connectivity index (χ2v) is 1.75. The van der Waals surface area contributed by atoms with Gasteiger partial charge in [-0.05, 0) is 5.23 Å². The van der Waals surface area contributed by atoms with E-state index < -0.39 is 0 Å². The summed E-state index contributed by atoms with van der Waals surface area (Å²) in [6.45, 7) is 0.505. The molecule has 35 valence electrons. The van der Waals surface area contributed by atoms with Gasteiger partial charge in [0, 0.05) is 0 Å². The molecule has 4 heteroatoms. The van der Waals surface area contributed by atoms with Crippen molar-refractivity contribution >= 4 is 12.0 Å². The van der Waals surface area contributed by atoms with Crippen LogP contribution in [0.5, 0.6) is 0 Å². The van der Waals surface area contributed by atoms with E-state index >= 15 is 0 Å². The maximum atomic E-state index is 9.92. The minimum absolute atomic E-state index is 0.505. The molecule has 1 aliphatic rings. The average molecular weight is 106 g/mol. The van der Waals surface area contributed by atoms with Crippen molar-refractivity contribution in [3.8, 4) is 0 Å². The van der Waals surface area contributed by atoms with E-state index in [1.807, 2.05) is 0 Å². The SMILES string of the molecule is [O-][N+]1CCSO1. The fourth-order valence-electron chi connectivity index (χ4n) is 0.245. The predicted molar refractivity (Wildman–Crippen MR) is 23.9 cm³/mol. The molecule has 3 nitrogen and oxygen atoms in total. The molecule has 0 unspecified atom stereocenters. The monoisotopic (exact) mass is 106 g/mol. The second kappa shape index (κ2) is 1.79. The standard InChI is InChI=1S/C2H4NO2S/c4-3-1-2-6-5-3/h1-2H2. The van der Waals surface area contributed by atoms with Crippen LogP contribution in [-0.2, 0) is 4.28 Å². The summed E-state index contributed by atoms with van der Waals surface area (Å²) < 4.78 is 4.35. The Kier molecular flexibility index (Phi) is 1.31. The van der Waals surface area contributed by atoms with E-state index in [-0.39, 0.29) is 0 Å². The van der Waals surface area contributed by atoms with Crippen LogP contribution in [0.25, 0.3) is 0 Å². The van der Waals surface area contributed by atoms with E-state index in [9.17, 15) is 5.21 Å². The average Bonchev–Trinajstić information content (AvgIpc) is 1.86. The maximum Gasteiger partial charge on any atom is 0.174 e. The molecular weight excluding hydrogens is 102 g/mol. The number of hydrogen-bond acceptors (Lipinski definition) is 4. The Morgan fingerprint density at radius 3 is 2.83 bits per heavy atom. The van der Waals surface area contributed by atoms with E-state index in [2.05, 4.69) is 4.28 Å². The molecule has 1 aliphatic heterocycles. The molecular formula is C2H4NO2S. The lowest BCUT2D eigenvalue weighted by molar-refractivity contribution is 0.157. The molecule has 1 radical (unpaired) electrons. The molecule has 0 spiro atoms. The second-order valence-electron chi connectivity index (χ2n) is 0.953. The third-order valence-electron chi connectivity index (χ3n) is 0.493. The van der Waals surface area contributed by atoms with Gasteiger partial charge in [0.2, 0.25) is 0 Å². The molecule has 0 aromatic heterocycles. The molecule has 1 saturated heterocycles. The van der Waals surface area contributed by atoms with Crippen molar-refractivity contribution in [1.82, 2.24) is 5.23 Å². The molecule has 0 saturated carbocycles. The molecule has 0 amide bonds. The highest BCUT2D eigenvalue weighted by Gasteiger charge is 2.14. The lowest BCUT2D eigenvalue weighted by Gasteiger charge is -1.94. The number of hydroxylamine groups is 2. The van der Waals surface area contributed by atoms with Crippen molar-refractivity contribution in [2.24, 2.45) is 0 Å². The Morgan fingerprint density at radius 1 is 1.83 bits per heavy atom. The highest BCUT2D eigenvalue weighted by molar-refractivity contribution is 7.94. The third kappa shape index (κ3) is 0.844. The summed E-state index contributed by atoms with van der Waals surface area (Å²) >= 11 is 1.20. The van der Waals surface area contributed by atoms with E-state index in [4.69, 9.17) is 0 Å². The summed E-state index contributed by atoms with van der Waals surface area (Å²) in [6, 6.07) is 0. The fraction of sp³-hybridized carbons (Fsp3) is 1.00. The fourth-order valence-corrected chi connectivity index (χ4v) is 0.735. The maximum absolute atomic E-state index is 9.92. The van der Waals surface area contributed by atoms with Gasteiger partial charge in [0.15, 0.2) is 6.54 Å². The summed E-state index contributed by atoms with van der Waals surface area (Å²) in [5, 5.41) is 10.5. The summed E-state index contributed by atoms with van der Waals surface area (Å²) in [7, 11) is 0. The van der Waals surface area contributed by atoms with Gasteiger partial charge < -0.3 is 5.21 Å². The Balaban J connectivity index is 2.18. The van der Waals surface area contributed by atoms with Crippen LogP contribution in [0.2, 0.25) is 0 Å². The lowest BCUT2D eigenvalue weighted by atomic mass is 10.8. The Labute approximate surface area is 40.0 Å².